The molecular weight excluding hydrogens is 200 g/mol. The number of aryl methyl sites for hydroxylation is 1. The molecule has 5 heteroatoms. The molecule has 0 saturated heterocycles. The Labute approximate surface area is 87.9 Å². The van der Waals surface area contributed by atoms with Gasteiger partial charge in [0, 0.05) is 13.2 Å². The third-order valence-electron chi connectivity index (χ3n) is 1.67. The van der Waals surface area contributed by atoms with E-state index in [-0.39, 0.29) is 0 Å². The average molecular weight is 212 g/mol. The molecule has 1 amide bonds. The molecule has 1 aromatic heterocycles. The monoisotopic (exact) mass is 212 g/mol. The summed E-state index contributed by atoms with van der Waals surface area (Å²) in [6.45, 7) is 2.08. The first-order chi connectivity index (χ1) is 6.65. The predicted octanol–water partition coefficient (Wildman–Crippen LogP) is 1.45. The van der Waals surface area contributed by atoms with Crippen LogP contribution in [0.3, 0.4) is 0 Å². The van der Waals surface area contributed by atoms with Crippen LogP contribution in [-0.2, 0) is 11.8 Å². The van der Waals surface area contributed by atoms with Gasteiger partial charge in [-0.25, -0.2) is 4.79 Å². The van der Waals surface area contributed by atoms with E-state index < -0.39 is 6.09 Å². The number of rotatable bonds is 2. The molecule has 0 bridgehead atoms. The fourth-order valence-corrected chi connectivity index (χ4v) is 1.32. The molecule has 0 spiro atoms. The minimum atomic E-state index is -0.515. The van der Waals surface area contributed by atoms with Crippen LogP contribution >= 0.6 is 12.2 Å². The maximum absolute atomic E-state index is 11.0. The Morgan fingerprint density at radius 3 is 2.93 bits per heavy atom. The quantitative estimate of drug-likeness (QED) is 0.754. The van der Waals surface area contributed by atoms with Crippen molar-refractivity contribution in [2.24, 2.45) is 7.05 Å². The van der Waals surface area contributed by atoms with E-state index in [2.05, 4.69) is 5.32 Å². The van der Waals surface area contributed by atoms with Crippen molar-refractivity contribution in [1.82, 2.24) is 9.88 Å². The molecule has 1 N–H and O–H groups in total. The second kappa shape index (κ2) is 4.76. The largest absolute Gasteiger partial charge is 0.450 e. The smallest absolute Gasteiger partial charge is 0.412 e. The average Bonchev–Trinajstić information content (AvgIpc) is 2.51. The van der Waals surface area contributed by atoms with Gasteiger partial charge >= 0.3 is 6.09 Å². The summed E-state index contributed by atoms with van der Waals surface area (Å²) in [5, 5.41) is 2.47. The lowest BCUT2D eigenvalue weighted by molar-refractivity contribution is 0.158. The van der Waals surface area contributed by atoms with E-state index in [0.29, 0.717) is 11.6 Å². The highest BCUT2D eigenvalue weighted by Gasteiger charge is 2.08. The van der Waals surface area contributed by atoms with E-state index in [9.17, 15) is 4.79 Å². The van der Waals surface area contributed by atoms with Gasteiger partial charge in [-0.05, 0) is 19.1 Å². The number of nitrogens with one attached hydrogen (secondary N) is 1. The van der Waals surface area contributed by atoms with Crippen LogP contribution in [0.5, 0.6) is 0 Å². The van der Waals surface area contributed by atoms with Crippen molar-refractivity contribution in [3.8, 4) is 0 Å². The molecule has 0 aliphatic rings. The SMILES string of the molecule is CCOC(=O)NC(=S)c1cccn1C. The number of carbonyl (C=O) groups excluding carboxylic acids is 1. The molecule has 76 valence electrons. The number of hydrogen-bond donors (Lipinski definition) is 1. The van der Waals surface area contributed by atoms with E-state index >= 15 is 0 Å². The molecule has 14 heavy (non-hydrogen) atoms. The van der Waals surface area contributed by atoms with E-state index in [1.807, 2.05) is 29.9 Å². The second-order valence-electron chi connectivity index (χ2n) is 2.68. The molecular formula is C9H12N2O2S. The number of thiocarbonyl (C=S) groups is 1. The maximum Gasteiger partial charge on any atom is 0.412 e. The van der Waals surface area contributed by atoms with Crippen molar-refractivity contribution in [1.29, 1.82) is 0 Å². The number of alkyl carbamates (subject to hydrolysis) is 1. The summed E-state index contributed by atoms with van der Waals surface area (Å²) < 4.78 is 6.53. The lowest BCUT2D eigenvalue weighted by atomic mass is 10.4. The Morgan fingerprint density at radius 1 is 1.71 bits per heavy atom. The minimum absolute atomic E-state index is 0.335. The van der Waals surface area contributed by atoms with Crippen molar-refractivity contribution < 1.29 is 9.53 Å². The molecule has 0 fully saturated rings. The first-order valence-electron chi connectivity index (χ1n) is 4.24. The lowest BCUT2D eigenvalue weighted by Crippen LogP contribution is -2.31. The minimum Gasteiger partial charge on any atom is -0.450 e. The summed E-state index contributed by atoms with van der Waals surface area (Å²) in [4.78, 5) is 11.4. The molecule has 1 rings (SSSR count). The Morgan fingerprint density at radius 2 is 2.43 bits per heavy atom. The molecule has 0 aliphatic heterocycles. The Balaban J connectivity index is 2.59. The molecule has 4 nitrogen and oxygen atoms in total. The number of hydrogen-bond acceptors (Lipinski definition) is 3. The standard InChI is InChI=1S/C9H12N2O2S/c1-3-13-9(12)10-8(14)7-5-4-6-11(7)2/h4-6H,3H2,1-2H3,(H,10,12,14). The highest BCUT2D eigenvalue weighted by atomic mass is 32.1. The molecule has 1 aromatic rings. The number of aromatic nitrogens is 1. The van der Waals surface area contributed by atoms with Gasteiger partial charge in [0.15, 0.2) is 0 Å². The van der Waals surface area contributed by atoms with Crippen LogP contribution in [-0.4, -0.2) is 22.3 Å². The number of amides is 1. The van der Waals surface area contributed by atoms with Crippen LogP contribution in [0.25, 0.3) is 0 Å². The van der Waals surface area contributed by atoms with E-state index in [4.69, 9.17) is 17.0 Å². The van der Waals surface area contributed by atoms with Crippen molar-refractivity contribution in [2.75, 3.05) is 6.61 Å². The van der Waals surface area contributed by atoms with Gasteiger partial charge in [0.2, 0.25) is 0 Å². The Bertz CT molecular complexity index is 346. The normalized spacial score (nSPS) is 9.57. The first kappa shape index (κ1) is 10.7. The van der Waals surface area contributed by atoms with E-state index in [0.717, 1.165) is 5.69 Å². The van der Waals surface area contributed by atoms with Crippen LogP contribution in [0, 0.1) is 0 Å². The summed E-state index contributed by atoms with van der Waals surface area (Å²) in [6, 6.07) is 3.68. The lowest BCUT2D eigenvalue weighted by Gasteiger charge is -2.07. The highest BCUT2D eigenvalue weighted by Crippen LogP contribution is 2.00. The summed E-state index contributed by atoms with van der Waals surface area (Å²) in [5.74, 6) is 0. The van der Waals surface area contributed by atoms with E-state index in [1.165, 1.54) is 0 Å². The fraction of sp³-hybridized carbons (Fsp3) is 0.333. The van der Waals surface area contributed by atoms with Gasteiger partial charge in [-0.3, -0.25) is 5.32 Å². The number of ether oxygens (including phenoxy) is 1. The van der Waals surface area contributed by atoms with Crippen molar-refractivity contribution in [2.45, 2.75) is 6.92 Å². The summed E-state index contributed by atoms with van der Waals surface area (Å²) in [6.07, 6.45) is 1.34. The Hall–Kier alpha value is -1.36. The summed E-state index contributed by atoms with van der Waals surface area (Å²) in [7, 11) is 1.86. The highest BCUT2D eigenvalue weighted by molar-refractivity contribution is 7.80. The predicted molar refractivity (Wildman–Crippen MR) is 57.3 cm³/mol. The third-order valence-corrected chi connectivity index (χ3v) is 1.98. The van der Waals surface area contributed by atoms with Gasteiger partial charge < -0.3 is 9.30 Å². The fourth-order valence-electron chi connectivity index (χ4n) is 1.02. The van der Waals surface area contributed by atoms with Gasteiger partial charge in [0.05, 0.1) is 12.3 Å². The Kier molecular flexibility index (Phi) is 3.64. The van der Waals surface area contributed by atoms with Gasteiger partial charge in [0.1, 0.15) is 4.99 Å². The van der Waals surface area contributed by atoms with Gasteiger partial charge in [-0.15, -0.1) is 0 Å². The molecule has 0 saturated carbocycles. The van der Waals surface area contributed by atoms with Crippen molar-refractivity contribution in [3.05, 3.63) is 24.0 Å². The van der Waals surface area contributed by atoms with Gasteiger partial charge in [-0.1, -0.05) is 12.2 Å². The summed E-state index contributed by atoms with van der Waals surface area (Å²) >= 11 is 5.02. The van der Waals surface area contributed by atoms with Crippen LogP contribution in [0.2, 0.25) is 0 Å². The first-order valence-corrected chi connectivity index (χ1v) is 4.65. The third kappa shape index (κ3) is 2.56. The van der Waals surface area contributed by atoms with Crippen LogP contribution in [0.1, 0.15) is 12.6 Å². The molecule has 0 unspecified atom stereocenters. The number of carbonyl (C=O) groups is 1. The van der Waals surface area contributed by atoms with Crippen LogP contribution in [0.15, 0.2) is 18.3 Å². The zero-order chi connectivity index (χ0) is 10.6. The van der Waals surface area contributed by atoms with E-state index in [1.54, 1.807) is 6.92 Å². The van der Waals surface area contributed by atoms with Crippen molar-refractivity contribution in [3.63, 3.8) is 0 Å². The molecule has 0 radical (unpaired) electrons. The maximum atomic E-state index is 11.0. The number of nitrogens with zero attached hydrogens (tertiary/aromatic N) is 1. The zero-order valence-electron chi connectivity index (χ0n) is 8.11. The van der Waals surface area contributed by atoms with Gasteiger partial charge in [-0.2, -0.15) is 0 Å². The molecule has 1 heterocycles. The van der Waals surface area contributed by atoms with Crippen molar-refractivity contribution >= 4 is 23.3 Å². The van der Waals surface area contributed by atoms with Gasteiger partial charge in [0.25, 0.3) is 0 Å². The molecule has 0 aliphatic carbocycles. The second-order valence-corrected chi connectivity index (χ2v) is 3.09. The van der Waals surface area contributed by atoms with Crippen LogP contribution < -0.4 is 5.32 Å². The molecule has 0 atom stereocenters. The van der Waals surface area contributed by atoms with Crippen LogP contribution in [0.4, 0.5) is 4.79 Å². The molecule has 0 aromatic carbocycles. The zero-order valence-corrected chi connectivity index (χ0v) is 8.93. The summed E-state index contributed by atoms with van der Waals surface area (Å²) in [5.41, 5.74) is 0.785. The topological polar surface area (TPSA) is 43.3 Å².